The highest BCUT2D eigenvalue weighted by molar-refractivity contribution is 7.15. The Morgan fingerprint density at radius 1 is 1.24 bits per heavy atom. The summed E-state index contributed by atoms with van der Waals surface area (Å²) in [4.78, 5) is 7.07. The maximum atomic E-state index is 5.14. The number of nitrogens with zero attached hydrogens (tertiary/aromatic N) is 1. The molecule has 0 aliphatic rings. The van der Waals surface area contributed by atoms with Crippen LogP contribution in [0.2, 0.25) is 0 Å². The van der Waals surface area contributed by atoms with Gasteiger partial charge in [-0.3, -0.25) is 0 Å². The first-order valence-electron chi connectivity index (χ1n) is 5.79. The van der Waals surface area contributed by atoms with E-state index in [1.54, 1.807) is 7.11 Å². The van der Waals surface area contributed by atoms with Crippen LogP contribution >= 0.6 is 11.3 Å². The highest BCUT2D eigenvalue weighted by atomic mass is 32.1. The predicted molar refractivity (Wildman–Crippen MR) is 72.6 cm³/mol. The maximum absolute atomic E-state index is 5.14. The van der Waals surface area contributed by atoms with Crippen molar-refractivity contribution in [2.45, 2.75) is 20.3 Å². The molecule has 0 bridgehead atoms. The summed E-state index contributed by atoms with van der Waals surface area (Å²) in [5.74, 6) is 1.36. The van der Waals surface area contributed by atoms with Crippen LogP contribution in [0.25, 0.3) is 10.6 Å². The Labute approximate surface area is 106 Å². The fourth-order valence-electron chi connectivity index (χ4n) is 1.69. The Morgan fingerprint density at radius 2 is 2.06 bits per heavy atom. The number of thiophene rings is 1. The molecule has 0 spiro atoms. The summed E-state index contributed by atoms with van der Waals surface area (Å²) in [5.41, 5.74) is 0.990. The van der Waals surface area contributed by atoms with E-state index in [1.807, 2.05) is 29.5 Å². The summed E-state index contributed by atoms with van der Waals surface area (Å²) in [7, 11) is 1.64. The van der Waals surface area contributed by atoms with Gasteiger partial charge >= 0.3 is 0 Å². The minimum Gasteiger partial charge on any atom is -0.481 e. The lowest BCUT2D eigenvalue weighted by Crippen LogP contribution is -1.89. The van der Waals surface area contributed by atoms with E-state index in [-0.39, 0.29) is 0 Å². The fourth-order valence-corrected chi connectivity index (χ4v) is 2.88. The van der Waals surface area contributed by atoms with Gasteiger partial charge in [0.2, 0.25) is 5.88 Å². The summed E-state index contributed by atoms with van der Waals surface area (Å²) in [6, 6.07) is 10.2. The first-order chi connectivity index (χ1) is 8.19. The molecule has 0 atom stereocenters. The molecule has 0 radical (unpaired) electrons. The van der Waals surface area contributed by atoms with Gasteiger partial charge in [0.25, 0.3) is 0 Å². The zero-order valence-electron chi connectivity index (χ0n) is 10.4. The van der Waals surface area contributed by atoms with E-state index in [9.17, 15) is 0 Å². The molecular formula is C14H17NOS. The van der Waals surface area contributed by atoms with Gasteiger partial charge < -0.3 is 4.74 Å². The van der Waals surface area contributed by atoms with Crippen molar-refractivity contribution in [2.24, 2.45) is 5.92 Å². The van der Waals surface area contributed by atoms with Gasteiger partial charge in [-0.2, -0.15) is 0 Å². The molecule has 0 saturated carbocycles. The van der Waals surface area contributed by atoms with Gasteiger partial charge in [0.1, 0.15) is 0 Å². The Kier molecular flexibility index (Phi) is 3.79. The third-order valence-corrected chi connectivity index (χ3v) is 3.59. The molecule has 0 aromatic carbocycles. The molecule has 0 unspecified atom stereocenters. The van der Waals surface area contributed by atoms with Gasteiger partial charge in [0.05, 0.1) is 17.7 Å². The SMILES string of the molecule is COc1cccc(-c2ccc(CC(C)C)s2)n1. The van der Waals surface area contributed by atoms with Crippen LogP contribution in [-0.2, 0) is 6.42 Å². The average molecular weight is 247 g/mol. The topological polar surface area (TPSA) is 22.1 Å². The molecule has 0 N–H and O–H groups in total. The van der Waals surface area contributed by atoms with E-state index in [1.165, 1.54) is 9.75 Å². The Bertz CT molecular complexity index is 490. The van der Waals surface area contributed by atoms with Crippen LogP contribution in [0, 0.1) is 5.92 Å². The van der Waals surface area contributed by atoms with Crippen LogP contribution in [0.1, 0.15) is 18.7 Å². The number of hydrogen-bond donors (Lipinski definition) is 0. The lowest BCUT2D eigenvalue weighted by Gasteiger charge is -2.01. The summed E-state index contributed by atoms with van der Waals surface area (Å²) in [6.45, 7) is 4.48. The van der Waals surface area contributed by atoms with E-state index in [2.05, 4.69) is 31.0 Å². The number of hydrogen-bond acceptors (Lipinski definition) is 3. The molecular weight excluding hydrogens is 230 g/mol. The van der Waals surface area contributed by atoms with E-state index in [0.717, 1.165) is 12.1 Å². The smallest absolute Gasteiger partial charge is 0.213 e. The van der Waals surface area contributed by atoms with Crippen molar-refractivity contribution in [2.75, 3.05) is 7.11 Å². The van der Waals surface area contributed by atoms with E-state index in [4.69, 9.17) is 4.74 Å². The fraction of sp³-hybridized carbons (Fsp3) is 0.357. The van der Waals surface area contributed by atoms with Crippen molar-refractivity contribution in [3.05, 3.63) is 35.2 Å². The molecule has 2 aromatic heterocycles. The minimum absolute atomic E-state index is 0.668. The van der Waals surface area contributed by atoms with Gasteiger partial charge in [-0.25, -0.2) is 4.98 Å². The van der Waals surface area contributed by atoms with E-state index in [0.29, 0.717) is 11.8 Å². The number of pyridine rings is 1. The maximum Gasteiger partial charge on any atom is 0.213 e. The quantitative estimate of drug-likeness (QED) is 0.814. The lowest BCUT2D eigenvalue weighted by atomic mass is 10.1. The molecule has 90 valence electrons. The van der Waals surface area contributed by atoms with Crippen molar-refractivity contribution >= 4 is 11.3 Å². The molecule has 3 heteroatoms. The van der Waals surface area contributed by atoms with Crippen molar-refractivity contribution in [1.82, 2.24) is 4.98 Å². The number of rotatable bonds is 4. The first kappa shape index (κ1) is 12.1. The molecule has 0 saturated heterocycles. The Balaban J connectivity index is 2.24. The molecule has 2 nitrogen and oxygen atoms in total. The molecule has 0 aliphatic carbocycles. The lowest BCUT2D eigenvalue weighted by molar-refractivity contribution is 0.398. The summed E-state index contributed by atoms with van der Waals surface area (Å²) in [6.07, 6.45) is 1.13. The standard InChI is InChI=1S/C14H17NOS/c1-10(2)9-11-7-8-13(17-11)12-5-4-6-14(15-12)16-3/h4-8,10H,9H2,1-3H3. The number of ether oxygens (including phenoxy) is 1. The third kappa shape index (κ3) is 3.07. The van der Waals surface area contributed by atoms with Gasteiger partial charge in [0.15, 0.2) is 0 Å². The molecule has 17 heavy (non-hydrogen) atoms. The van der Waals surface area contributed by atoms with Gasteiger partial charge in [-0.15, -0.1) is 11.3 Å². The molecule has 0 fully saturated rings. The minimum atomic E-state index is 0.668. The van der Waals surface area contributed by atoms with Gasteiger partial charge in [-0.1, -0.05) is 19.9 Å². The monoisotopic (exact) mass is 247 g/mol. The van der Waals surface area contributed by atoms with Crippen LogP contribution in [0.15, 0.2) is 30.3 Å². The molecule has 0 amide bonds. The van der Waals surface area contributed by atoms with Gasteiger partial charge in [-0.05, 0) is 30.5 Å². The summed E-state index contributed by atoms with van der Waals surface area (Å²) < 4.78 is 5.14. The van der Waals surface area contributed by atoms with E-state index < -0.39 is 0 Å². The van der Waals surface area contributed by atoms with Crippen LogP contribution in [-0.4, -0.2) is 12.1 Å². The predicted octanol–water partition coefficient (Wildman–Crippen LogP) is 4.02. The zero-order valence-corrected chi connectivity index (χ0v) is 11.3. The zero-order chi connectivity index (χ0) is 12.3. The number of methoxy groups -OCH3 is 1. The number of aromatic nitrogens is 1. The largest absolute Gasteiger partial charge is 0.481 e. The van der Waals surface area contributed by atoms with Crippen molar-refractivity contribution in [1.29, 1.82) is 0 Å². The average Bonchev–Trinajstić information content (AvgIpc) is 2.77. The van der Waals surface area contributed by atoms with Crippen LogP contribution in [0.4, 0.5) is 0 Å². The summed E-state index contributed by atoms with van der Waals surface area (Å²) in [5, 5.41) is 0. The highest BCUT2D eigenvalue weighted by Crippen LogP contribution is 2.29. The van der Waals surface area contributed by atoms with Crippen molar-refractivity contribution in [3.63, 3.8) is 0 Å². The second-order valence-electron chi connectivity index (χ2n) is 4.43. The molecule has 0 aliphatic heterocycles. The Hall–Kier alpha value is -1.35. The van der Waals surface area contributed by atoms with Gasteiger partial charge in [0, 0.05) is 10.9 Å². The molecule has 2 aromatic rings. The summed E-state index contributed by atoms with van der Waals surface area (Å²) >= 11 is 1.82. The first-order valence-corrected chi connectivity index (χ1v) is 6.61. The Morgan fingerprint density at radius 3 is 2.76 bits per heavy atom. The normalized spacial score (nSPS) is 10.8. The third-order valence-electron chi connectivity index (χ3n) is 2.46. The molecule has 2 heterocycles. The second-order valence-corrected chi connectivity index (χ2v) is 5.60. The van der Waals surface area contributed by atoms with Crippen molar-refractivity contribution in [3.8, 4) is 16.5 Å². The van der Waals surface area contributed by atoms with Crippen LogP contribution in [0.5, 0.6) is 5.88 Å². The highest BCUT2D eigenvalue weighted by Gasteiger charge is 2.06. The molecule has 2 rings (SSSR count). The second kappa shape index (κ2) is 5.32. The van der Waals surface area contributed by atoms with E-state index >= 15 is 0 Å². The van der Waals surface area contributed by atoms with Crippen molar-refractivity contribution < 1.29 is 4.74 Å². The van der Waals surface area contributed by atoms with Crippen LogP contribution in [0.3, 0.4) is 0 Å². The van der Waals surface area contributed by atoms with Crippen LogP contribution < -0.4 is 4.74 Å².